The minimum absolute atomic E-state index is 0.164. The summed E-state index contributed by atoms with van der Waals surface area (Å²) in [6.07, 6.45) is 3.29. The molecule has 3 aliphatic rings. The molecular weight excluding hydrogens is 314 g/mol. The van der Waals surface area contributed by atoms with Gasteiger partial charge in [-0.15, -0.1) is 0 Å². The second-order valence-corrected chi connectivity index (χ2v) is 8.65. The van der Waals surface area contributed by atoms with Crippen molar-refractivity contribution in [3.63, 3.8) is 0 Å². The number of alkyl halides is 2. The number of nitrogens with zero attached hydrogens (tertiary/aromatic N) is 1. The molecule has 126 valence electrons. The Bertz CT molecular complexity index is 548. The molecule has 22 heavy (non-hydrogen) atoms. The highest BCUT2D eigenvalue weighted by Crippen LogP contribution is 2.41. The Balaban J connectivity index is 1.68. The number of hydrogen-bond acceptors (Lipinski definition) is 3. The van der Waals surface area contributed by atoms with Gasteiger partial charge in [0.2, 0.25) is 15.9 Å². The first kappa shape index (κ1) is 16.1. The molecule has 2 unspecified atom stereocenters. The molecule has 1 aliphatic heterocycles. The average molecular weight is 336 g/mol. The van der Waals surface area contributed by atoms with E-state index in [2.05, 4.69) is 5.32 Å². The van der Waals surface area contributed by atoms with Crippen molar-refractivity contribution < 1.29 is 22.0 Å². The molecule has 1 N–H and O–H groups in total. The molecule has 5 nitrogen and oxygen atoms in total. The molecule has 1 amide bonds. The lowest BCUT2D eigenvalue weighted by Crippen LogP contribution is -2.48. The number of sulfonamides is 1. The van der Waals surface area contributed by atoms with E-state index in [9.17, 15) is 22.0 Å². The zero-order valence-corrected chi connectivity index (χ0v) is 13.2. The first-order valence-corrected chi connectivity index (χ1v) is 9.58. The lowest BCUT2D eigenvalue weighted by atomic mass is 10.1. The van der Waals surface area contributed by atoms with Gasteiger partial charge in [-0.1, -0.05) is 0 Å². The Morgan fingerprint density at radius 2 is 1.91 bits per heavy atom. The molecule has 3 fully saturated rings. The van der Waals surface area contributed by atoms with Crippen LogP contribution in [0.2, 0.25) is 0 Å². The summed E-state index contributed by atoms with van der Waals surface area (Å²) in [6.45, 7) is 0.253. The zero-order chi connectivity index (χ0) is 16.0. The fourth-order valence-electron chi connectivity index (χ4n) is 3.41. The first-order chi connectivity index (χ1) is 10.3. The van der Waals surface area contributed by atoms with E-state index < -0.39 is 33.7 Å². The van der Waals surface area contributed by atoms with Crippen molar-refractivity contribution in [3.8, 4) is 0 Å². The minimum Gasteiger partial charge on any atom is -0.352 e. The summed E-state index contributed by atoms with van der Waals surface area (Å²) in [5.74, 6) is -4.85. The van der Waals surface area contributed by atoms with Crippen molar-refractivity contribution in [1.29, 1.82) is 0 Å². The lowest BCUT2D eigenvalue weighted by molar-refractivity contribution is -0.124. The molecule has 1 saturated heterocycles. The molecule has 2 atom stereocenters. The largest absolute Gasteiger partial charge is 0.352 e. The summed E-state index contributed by atoms with van der Waals surface area (Å²) in [5.41, 5.74) is 0. The third-order valence-corrected chi connectivity index (χ3v) is 6.83. The number of halogens is 2. The molecule has 0 bridgehead atoms. The topological polar surface area (TPSA) is 66.5 Å². The van der Waals surface area contributed by atoms with Gasteiger partial charge in [0.1, 0.15) is 6.04 Å². The predicted molar refractivity (Wildman–Crippen MR) is 77.0 cm³/mol. The second-order valence-electron chi connectivity index (χ2n) is 6.68. The van der Waals surface area contributed by atoms with E-state index in [-0.39, 0.29) is 31.3 Å². The molecular formula is C14H22F2N2O3S. The number of hydrogen-bond donors (Lipinski definition) is 1. The van der Waals surface area contributed by atoms with Crippen LogP contribution < -0.4 is 5.32 Å². The van der Waals surface area contributed by atoms with Crippen molar-refractivity contribution in [2.24, 2.45) is 5.92 Å². The van der Waals surface area contributed by atoms with Crippen LogP contribution in [0.1, 0.15) is 44.9 Å². The van der Waals surface area contributed by atoms with Crippen molar-refractivity contribution >= 4 is 15.9 Å². The van der Waals surface area contributed by atoms with Crippen LogP contribution >= 0.6 is 0 Å². The van der Waals surface area contributed by atoms with Crippen LogP contribution in [0.5, 0.6) is 0 Å². The summed E-state index contributed by atoms with van der Waals surface area (Å²) in [7, 11) is -3.83. The quantitative estimate of drug-likeness (QED) is 0.827. The monoisotopic (exact) mass is 336 g/mol. The smallest absolute Gasteiger partial charge is 0.251 e. The van der Waals surface area contributed by atoms with Crippen molar-refractivity contribution in [2.45, 2.75) is 63.0 Å². The van der Waals surface area contributed by atoms with Gasteiger partial charge in [0.25, 0.3) is 5.92 Å². The molecule has 8 heteroatoms. The molecule has 2 aliphatic carbocycles. The molecule has 0 radical (unpaired) electrons. The fraction of sp³-hybridized carbons (Fsp3) is 0.929. The highest BCUT2D eigenvalue weighted by molar-refractivity contribution is 7.89. The molecule has 0 aromatic heterocycles. The Morgan fingerprint density at radius 3 is 2.50 bits per heavy atom. The van der Waals surface area contributed by atoms with Gasteiger partial charge in [-0.3, -0.25) is 4.79 Å². The van der Waals surface area contributed by atoms with E-state index in [0.717, 1.165) is 17.1 Å². The standard InChI is InChI=1S/C14H22F2N2O3S/c15-14(16)7-1-3-10(14)9-22(20,21)18-8-2-4-12(18)13(19)17-11-5-6-11/h10-12H,1-9H2,(H,17,19). The van der Waals surface area contributed by atoms with Gasteiger partial charge in [-0.25, -0.2) is 17.2 Å². The Labute approximate surface area is 129 Å². The second kappa shape index (κ2) is 5.70. The summed E-state index contributed by atoms with van der Waals surface area (Å²) < 4.78 is 53.6. The van der Waals surface area contributed by atoms with Crippen LogP contribution in [0.15, 0.2) is 0 Å². The van der Waals surface area contributed by atoms with E-state index in [1.165, 1.54) is 0 Å². The van der Waals surface area contributed by atoms with E-state index in [4.69, 9.17) is 0 Å². The van der Waals surface area contributed by atoms with Crippen LogP contribution in [-0.2, 0) is 14.8 Å². The molecule has 3 rings (SSSR count). The summed E-state index contributed by atoms with van der Waals surface area (Å²) >= 11 is 0. The first-order valence-electron chi connectivity index (χ1n) is 7.97. The van der Waals surface area contributed by atoms with E-state index in [0.29, 0.717) is 19.3 Å². The van der Waals surface area contributed by atoms with Gasteiger partial charge in [-0.2, -0.15) is 4.31 Å². The van der Waals surface area contributed by atoms with Crippen LogP contribution in [0.25, 0.3) is 0 Å². The van der Waals surface area contributed by atoms with Crippen molar-refractivity contribution in [2.75, 3.05) is 12.3 Å². The van der Waals surface area contributed by atoms with Gasteiger partial charge in [-0.05, 0) is 38.5 Å². The Kier molecular flexibility index (Phi) is 4.18. The maximum atomic E-state index is 13.7. The van der Waals surface area contributed by atoms with Gasteiger partial charge < -0.3 is 5.32 Å². The van der Waals surface area contributed by atoms with Crippen LogP contribution in [-0.4, -0.2) is 48.9 Å². The Morgan fingerprint density at radius 1 is 1.18 bits per heavy atom. The normalized spacial score (nSPS) is 32.3. The third kappa shape index (κ3) is 3.27. The van der Waals surface area contributed by atoms with Gasteiger partial charge >= 0.3 is 0 Å². The molecule has 0 aromatic carbocycles. The minimum atomic E-state index is -3.83. The maximum Gasteiger partial charge on any atom is 0.251 e. The van der Waals surface area contributed by atoms with Crippen molar-refractivity contribution in [1.82, 2.24) is 9.62 Å². The zero-order valence-electron chi connectivity index (χ0n) is 12.4. The predicted octanol–water partition coefficient (Wildman–Crippen LogP) is 1.49. The van der Waals surface area contributed by atoms with E-state index in [1.807, 2.05) is 0 Å². The average Bonchev–Trinajstić information content (AvgIpc) is 2.98. The summed E-state index contributed by atoms with van der Waals surface area (Å²) in [4.78, 5) is 12.2. The maximum absolute atomic E-state index is 13.7. The van der Waals surface area contributed by atoms with Crippen LogP contribution in [0, 0.1) is 5.92 Å². The lowest BCUT2D eigenvalue weighted by Gasteiger charge is -2.26. The van der Waals surface area contributed by atoms with Gasteiger partial charge in [0.05, 0.1) is 5.75 Å². The third-order valence-electron chi connectivity index (χ3n) is 4.86. The molecule has 0 spiro atoms. The number of nitrogens with one attached hydrogen (secondary N) is 1. The van der Waals surface area contributed by atoms with E-state index >= 15 is 0 Å². The Hall–Kier alpha value is -0.760. The fourth-order valence-corrected chi connectivity index (χ4v) is 5.52. The van der Waals surface area contributed by atoms with Crippen LogP contribution in [0.4, 0.5) is 8.78 Å². The number of carbonyl (C=O) groups excluding carboxylic acids is 1. The number of amides is 1. The molecule has 0 aromatic rings. The highest BCUT2D eigenvalue weighted by atomic mass is 32.2. The van der Waals surface area contributed by atoms with Gasteiger partial charge in [0.15, 0.2) is 0 Å². The van der Waals surface area contributed by atoms with Crippen molar-refractivity contribution in [3.05, 3.63) is 0 Å². The number of carbonyl (C=O) groups is 1. The highest BCUT2D eigenvalue weighted by Gasteiger charge is 2.48. The van der Waals surface area contributed by atoms with Crippen LogP contribution in [0.3, 0.4) is 0 Å². The summed E-state index contributed by atoms with van der Waals surface area (Å²) in [6, 6.07) is -0.558. The van der Waals surface area contributed by atoms with Gasteiger partial charge in [0, 0.05) is 24.9 Å². The summed E-state index contributed by atoms with van der Waals surface area (Å²) in [5, 5.41) is 2.81. The molecule has 1 heterocycles. The SMILES string of the molecule is O=C(NC1CC1)C1CCCN1S(=O)(=O)CC1CCCC1(F)F. The molecule has 2 saturated carbocycles. The van der Waals surface area contributed by atoms with E-state index in [1.54, 1.807) is 0 Å². The number of rotatable bonds is 5.